The van der Waals surface area contributed by atoms with Crippen molar-refractivity contribution in [2.24, 2.45) is 0 Å². The molecule has 0 heterocycles. The van der Waals surface area contributed by atoms with Crippen molar-refractivity contribution in [3.8, 4) is 5.75 Å². The predicted molar refractivity (Wildman–Crippen MR) is 69.0 cm³/mol. The number of phenols is 1. The highest BCUT2D eigenvalue weighted by Crippen LogP contribution is 2.25. The molecule has 1 aromatic carbocycles. The first-order valence-electron chi connectivity index (χ1n) is 5.17. The topological polar surface area (TPSA) is 60.8 Å². The van der Waals surface area contributed by atoms with Crippen molar-refractivity contribution >= 4 is 21.9 Å². The molecule has 17 heavy (non-hydrogen) atoms. The van der Waals surface area contributed by atoms with Crippen molar-refractivity contribution < 1.29 is 15.0 Å². The maximum Gasteiger partial charge on any atom is 0.323 e. The van der Waals surface area contributed by atoms with Crippen LogP contribution in [0.1, 0.15) is 19.4 Å². The van der Waals surface area contributed by atoms with Gasteiger partial charge in [0.1, 0.15) is 11.3 Å². The van der Waals surface area contributed by atoms with Crippen LogP contribution < -0.4 is 0 Å². The molecular formula is C12H16BrNO3. The van der Waals surface area contributed by atoms with Gasteiger partial charge in [-0.15, -0.1) is 0 Å². The van der Waals surface area contributed by atoms with Gasteiger partial charge in [0.15, 0.2) is 0 Å². The second-order valence-electron chi connectivity index (χ2n) is 4.49. The number of phenolic OH excluding ortho intramolecular Hbond substituents is 1. The van der Waals surface area contributed by atoms with Gasteiger partial charge < -0.3 is 10.2 Å². The smallest absolute Gasteiger partial charge is 0.323 e. The number of nitrogens with zero attached hydrogens (tertiary/aromatic N) is 1. The second kappa shape index (κ2) is 5.06. The molecule has 94 valence electrons. The van der Waals surface area contributed by atoms with Gasteiger partial charge >= 0.3 is 5.97 Å². The maximum atomic E-state index is 11.1. The molecule has 2 N–H and O–H groups in total. The van der Waals surface area contributed by atoms with E-state index in [2.05, 4.69) is 15.9 Å². The number of likely N-dealkylation sites (N-methyl/N-ethyl adjacent to an activating group) is 1. The molecule has 4 nitrogen and oxygen atoms in total. The lowest BCUT2D eigenvalue weighted by molar-refractivity contribution is -0.148. The van der Waals surface area contributed by atoms with Gasteiger partial charge in [0.05, 0.1) is 0 Å². The van der Waals surface area contributed by atoms with Crippen molar-refractivity contribution in [1.29, 1.82) is 0 Å². The molecule has 0 aliphatic carbocycles. The number of halogens is 1. The Kier molecular flexibility index (Phi) is 4.16. The summed E-state index contributed by atoms with van der Waals surface area (Å²) >= 11 is 3.32. The third kappa shape index (κ3) is 3.20. The molecule has 0 aliphatic heterocycles. The predicted octanol–water partition coefficient (Wildman–Crippen LogP) is 2.45. The van der Waals surface area contributed by atoms with Gasteiger partial charge in [-0.2, -0.15) is 0 Å². The number of aromatic hydroxyl groups is 1. The minimum absolute atomic E-state index is 0.168. The Morgan fingerprint density at radius 2 is 2.06 bits per heavy atom. The summed E-state index contributed by atoms with van der Waals surface area (Å²) in [6.45, 7) is 3.62. The van der Waals surface area contributed by atoms with E-state index in [0.29, 0.717) is 12.1 Å². The average Bonchev–Trinajstić information content (AvgIpc) is 2.23. The number of benzene rings is 1. The quantitative estimate of drug-likeness (QED) is 0.897. The van der Waals surface area contributed by atoms with Crippen LogP contribution in [0.15, 0.2) is 22.7 Å². The molecule has 0 aromatic heterocycles. The normalized spacial score (nSPS) is 11.8. The van der Waals surface area contributed by atoms with Crippen molar-refractivity contribution in [2.45, 2.75) is 25.9 Å². The molecule has 0 radical (unpaired) electrons. The second-order valence-corrected chi connectivity index (χ2v) is 5.41. The fraction of sp³-hybridized carbons (Fsp3) is 0.417. The average molecular weight is 302 g/mol. The zero-order chi connectivity index (χ0) is 13.2. The molecule has 0 aliphatic rings. The van der Waals surface area contributed by atoms with Crippen LogP contribution in [0.2, 0.25) is 0 Å². The van der Waals surface area contributed by atoms with E-state index in [1.54, 1.807) is 44.0 Å². The minimum atomic E-state index is -0.977. The molecule has 1 rings (SSSR count). The Morgan fingerprint density at radius 3 is 2.59 bits per heavy atom. The van der Waals surface area contributed by atoms with Crippen molar-refractivity contribution in [1.82, 2.24) is 4.90 Å². The lowest BCUT2D eigenvalue weighted by Crippen LogP contribution is -2.47. The van der Waals surface area contributed by atoms with Crippen LogP contribution in [0.3, 0.4) is 0 Å². The highest BCUT2D eigenvalue weighted by Gasteiger charge is 2.32. The molecule has 0 spiro atoms. The molecule has 0 unspecified atom stereocenters. The third-order valence-electron chi connectivity index (χ3n) is 2.93. The van der Waals surface area contributed by atoms with Crippen LogP contribution in [-0.2, 0) is 11.3 Å². The summed E-state index contributed by atoms with van der Waals surface area (Å²) in [5.74, 6) is -0.726. The molecule has 0 amide bonds. The largest absolute Gasteiger partial charge is 0.508 e. The Balaban J connectivity index is 2.91. The van der Waals surface area contributed by atoms with E-state index in [0.717, 1.165) is 4.47 Å². The third-order valence-corrected chi connectivity index (χ3v) is 3.42. The molecule has 0 fully saturated rings. The van der Waals surface area contributed by atoms with Gasteiger partial charge in [-0.05, 0) is 39.1 Å². The lowest BCUT2D eigenvalue weighted by atomic mass is 10.0. The van der Waals surface area contributed by atoms with Crippen molar-refractivity contribution in [2.75, 3.05) is 7.05 Å². The highest BCUT2D eigenvalue weighted by atomic mass is 79.9. The number of carbonyl (C=O) groups is 1. The van der Waals surface area contributed by atoms with E-state index >= 15 is 0 Å². The number of carboxylic acids is 1. The fourth-order valence-electron chi connectivity index (χ4n) is 1.30. The van der Waals surface area contributed by atoms with E-state index < -0.39 is 11.5 Å². The van der Waals surface area contributed by atoms with Gasteiger partial charge in [-0.1, -0.05) is 15.9 Å². The summed E-state index contributed by atoms with van der Waals surface area (Å²) in [7, 11) is 1.72. The number of carboxylic acid groups (broad SMARTS) is 1. The van der Waals surface area contributed by atoms with Crippen molar-refractivity contribution in [3.05, 3.63) is 28.2 Å². The van der Waals surface area contributed by atoms with E-state index in [-0.39, 0.29) is 5.75 Å². The van der Waals surface area contributed by atoms with Crippen LogP contribution in [0.4, 0.5) is 0 Å². The van der Waals surface area contributed by atoms with Gasteiger partial charge in [0.2, 0.25) is 0 Å². The van der Waals surface area contributed by atoms with E-state index in [9.17, 15) is 9.90 Å². The summed E-state index contributed by atoms with van der Waals surface area (Å²) in [4.78, 5) is 12.8. The fourth-order valence-corrected chi connectivity index (χ4v) is 1.71. The van der Waals surface area contributed by atoms with Gasteiger partial charge in [-0.3, -0.25) is 9.69 Å². The highest BCUT2D eigenvalue weighted by molar-refractivity contribution is 9.10. The summed E-state index contributed by atoms with van der Waals surface area (Å²) in [5, 5.41) is 18.8. The van der Waals surface area contributed by atoms with E-state index in [4.69, 9.17) is 5.11 Å². The van der Waals surface area contributed by atoms with Crippen LogP contribution in [0.25, 0.3) is 0 Å². The Hall–Kier alpha value is -1.07. The van der Waals surface area contributed by atoms with E-state index in [1.165, 1.54) is 0 Å². The molecule has 0 atom stereocenters. The number of aliphatic carboxylic acids is 1. The van der Waals surface area contributed by atoms with Gasteiger partial charge in [0.25, 0.3) is 0 Å². The SMILES string of the molecule is CN(Cc1cc(Br)ccc1O)C(C)(C)C(=O)O. The lowest BCUT2D eigenvalue weighted by Gasteiger charge is -2.31. The van der Waals surface area contributed by atoms with E-state index in [1.807, 2.05) is 0 Å². The van der Waals surface area contributed by atoms with Gasteiger partial charge in [-0.25, -0.2) is 0 Å². The molecular weight excluding hydrogens is 286 g/mol. The van der Waals surface area contributed by atoms with Crippen molar-refractivity contribution in [3.63, 3.8) is 0 Å². The monoisotopic (exact) mass is 301 g/mol. The molecule has 1 aromatic rings. The van der Waals surface area contributed by atoms with Crippen LogP contribution >= 0.6 is 15.9 Å². The first kappa shape index (κ1) is 14.0. The zero-order valence-electron chi connectivity index (χ0n) is 10.1. The minimum Gasteiger partial charge on any atom is -0.508 e. The first-order chi connectivity index (χ1) is 7.75. The van der Waals surface area contributed by atoms with Crippen LogP contribution in [0, 0.1) is 0 Å². The van der Waals surface area contributed by atoms with Crippen LogP contribution in [-0.4, -0.2) is 33.7 Å². The first-order valence-corrected chi connectivity index (χ1v) is 5.96. The molecule has 5 heteroatoms. The summed E-state index contributed by atoms with van der Waals surface area (Å²) in [6.07, 6.45) is 0. The molecule has 0 bridgehead atoms. The van der Waals surface area contributed by atoms with Gasteiger partial charge in [0, 0.05) is 16.6 Å². The summed E-state index contributed by atoms with van der Waals surface area (Å²) < 4.78 is 0.854. The number of hydrogen-bond acceptors (Lipinski definition) is 3. The standard InChI is InChI=1S/C12H16BrNO3/c1-12(2,11(16)17)14(3)7-8-6-9(13)4-5-10(8)15/h4-6,15H,7H2,1-3H3,(H,16,17). The Morgan fingerprint density at radius 1 is 1.47 bits per heavy atom. The number of hydrogen-bond donors (Lipinski definition) is 2. The molecule has 0 saturated carbocycles. The zero-order valence-corrected chi connectivity index (χ0v) is 11.7. The Labute approximate surface area is 109 Å². The maximum absolute atomic E-state index is 11.1. The molecule has 0 saturated heterocycles. The summed E-state index contributed by atoms with van der Waals surface area (Å²) in [6, 6.07) is 5.10. The Bertz CT molecular complexity index is 432. The summed E-state index contributed by atoms with van der Waals surface area (Å²) in [5.41, 5.74) is -0.286. The number of rotatable bonds is 4. The van der Waals surface area contributed by atoms with Crippen LogP contribution in [0.5, 0.6) is 5.75 Å².